The van der Waals surface area contributed by atoms with Crippen molar-refractivity contribution in [2.45, 2.75) is 43.7 Å². The lowest BCUT2D eigenvalue weighted by atomic mass is 9.67. The average Bonchev–Trinajstić information content (AvgIpc) is 2.95. The summed E-state index contributed by atoms with van der Waals surface area (Å²) in [6.07, 6.45) is 6.86. The molecule has 1 aliphatic rings. The number of aliphatic hydroxyl groups is 1. The van der Waals surface area contributed by atoms with Crippen molar-refractivity contribution < 1.29 is 5.11 Å². The molecule has 1 aromatic heterocycles. The van der Waals surface area contributed by atoms with E-state index in [4.69, 9.17) is 11.6 Å². The van der Waals surface area contributed by atoms with Crippen LogP contribution in [-0.4, -0.2) is 26.0 Å². The zero-order valence-electron chi connectivity index (χ0n) is 11.2. The largest absolute Gasteiger partial charge is 0.392 e. The highest BCUT2D eigenvalue weighted by Crippen LogP contribution is 2.41. The molecule has 1 aromatic carbocycles. The molecule has 0 spiro atoms. The molecule has 3 rings (SSSR count). The summed E-state index contributed by atoms with van der Waals surface area (Å²) in [4.78, 5) is 4.00. The van der Waals surface area contributed by atoms with Crippen LogP contribution in [0.25, 0.3) is 0 Å². The van der Waals surface area contributed by atoms with Gasteiger partial charge < -0.3 is 5.11 Å². The quantitative estimate of drug-likeness (QED) is 0.946. The van der Waals surface area contributed by atoms with E-state index in [0.717, 1.165) is 36.3 Å². The molecule has 2 atom stereocenters. The zero-order valence-corrected chi connectivity index (χ0v) is 12.0. The molecule has 1 fully saturated rings. The molecular formula is C15H18ClN3O. The van der Waals surface area contributed by atoms with Crippen molar-refractivity contribution in [3.63, 3.8) is 0 Å². The van der Waals surface area contributed by atoms with Crippen molar-refractivity contribution in [3.05, 3.63) is 47.5 Å². The van der Waals surface area contributed by atoms with E-state index in [2.05, 4.69) is 10.1 Å². The minimum absolute atomic E-state index is 0.295. The van der Waals surface area contributed by atoms with Gasteiger partial charge in [0.2, 0.25) is 0 Å². The molecule has 1 saturated carbocycles. The van der Waals surface area contributed by atoms with Gasteiger partial charge in [-0.1, -0.05) is 36.6 Å². The van der Waals surface area contributed by atoms with Crippen molar-refractivity contribution >= 4 is 11.6 Å². The molecule has 0 bridgehead atoms. The number of halogens is 1. The van der Waals surface area contributed by atoms with Gasteiger partial charge in [0.1, 0.15) is 12.7 Å². The summed E-state index contributed by atoms with van der Waals surface area (Å²) < 4.78 is 1.81. The number of hydrogen-bond donors (Lipinski definition) is 1. The van der Waals surface area contributed by atoms with Crippen molar-refractivity contribution in [2.24, 2.45) is 0 Å². The number of hydrogen-bond acceptors (Lipinski definition) is 3. The van der Waals surface area contributed by atoms with Gasteiger partial charge in [0.25, 0.3) is 0 Å². The predicted octanol–water partition coefficient (Wildman–Crippen LogP) is 2.80. The molecule has 1 N–H and O–H groups in total. The second kappa shape index (κ2) is 5.54. The minimum Gasteiger partial charge on any atom is -0.392 e. The maximum Gasteiger partial charge on any atom is 0.137 e. The Balaban J connectivity index is 2.00. The first-order valence-corrected chi connectivity index (χ1v) is 7.35. The van der Waals surface area contributed by atoms with E-state index < -0.39 is 0 Å². The van der Waals surface area contributed by atoms with E-state index in [0.29, 0.717) is 6.54 Å². The maximum atomic E-state index is 10.6. The van der Waals surface area contributed by atoms with Crippen LogP contribution in [0.15, 0.2) is 36.9 Å². The first-order valence-electron chi connectivity index (χ1n) is 6.97. The Bertz CT molecular complexity index is 555. The maximum absolute atomic E-state index is 10.6. The number of aromatic nitrogens is 3. The van der Waals surface area contributed by atoms with E-state index in [1.165, 1.54) is 6.33 Å². The Kier molecular flexibility index (Phi) is 3.76. The Hall–Kier alpha value is -1.39. The van der Waals surface area contributed by atoms with Crippen molar-refractivity contribution in [1.29, 1.82) is 0 Å². The van der Waals surface area contributed by atoms with Gasteiger partial charge in [-0.2, -0.15) is 5.10 Å². The molecule has 4 nitrogen and oxygen atoms in total. The number of nitrogens with zero attached hydrogens (tertiary/aromatic N) is 3. The fourth-order valence-corrected chi connectivity index (χ4v) is 3.34. The summed E-state index contributed by atoms with van der Waals surface area (Å²) in [6, 6.07) is 7.82. The Morgan fingerprint density at radius 1 is 1.30 bits per heavy atom. The number of rotatable bonds is 3. The SMILES string of the molecule is OC1CCCCC1(Cn1cncn1)c1ccc(Cl)cc1. The molecule has 1 heterocycles. The fourth-order valence-electron chi connectivity index (χ4n) is 3.22. The van der Waals surface area contributed by atoms with E-state index in [1.807, 2.05) is 28.9 Å². The van der Waals surface area contributed by atoms with Crippen LogP contribution in [0, 0.1) is 0 Å². The normalized spacial score (nSPS) is 26.6. The van der Waals surface area contributed by atoms with Gasteiger partial charge in [-0.25, -0.2) is 4.98 Å². The monoisotopic (exact) mass is 291 g/mol. The van der Waals surface area contributed by atoms with Gasteiger partial charge in [0.15, 0.2) is 0 Å². The lowest BCUT2D eigenvalue weighted by Crippen LogP contribution is -2.45. The molecular weight excluding hydrogens is 274 g/mol. The number of benzene rings is 1. The van der Waals surface area contributed by atoms with Crippen LogP contribution in [0.1, 0.15) is 31.2 Å². The van der Waals surface area contributed by atoms with Gasteiger partial charge >= 0.3 is 0 Å². The highest BCUT2D eigenvalue weighted by molar-refractivity contribution is 6.30. The van der Waals surface area contributed by atoms with E-state index in [9.17, 15) is 5.11 Å². The summed E-state index contributed by atoms with van der Waals surface area (Å²) in [6.45, 7) is 0.649. The van der Waals surface area contributed by atoms with Gasteiger partial charge in [-0.3, -0.25) is 4.68 Å². The molecule has 1 aliphatic carbocycles. The van der Waals surface area contributed by atoms with Gasteiger partial charge in [-0.05, 0) is 30.5 Å². The third-order valence-corrected chi connectivity index (χ3v) is 4.57. The van der Waals surface area contributed by atoms with Crippen LogP contribution in [0.3, 0.4) is 0 Å². The first kappa shape index (κ1) is 13.6. The topological polar surface area (TPSA) is 50.9 Å². The third kappa shape index (κ3) is 2.45. The standard InChI is InChI=1S/C15H18ClN3O/c16-13-6-4-12(5-7-13)15(8-2-1-3-14(15)20)9-19-11-17-10-18-19/h4-7,10-11,14,20H,1-3,8-9H2. The highest BCUT2D eigenvalue weighted by Gasteiger charge is 2.42. The molecule has 106 valence electrons. The highest BCUT2D eigenvalue weighted by atomic mass is 35.5. The summed E-state index contributed by atoms with van der Waals surface area (Å²) in [5.74, 6) is 0. The lowest BCUT2D eigenvalue weighted by molar-refractivity contribution is 0.0289. The smallest absolute Gasteiger partial charge is 0.137 e. The lowest BCUT2D eigenvalue weighted by Gasteiger charge is -2.42. The molecule has 0 aliphatic heterocycles. The van der Waals surface area contributed by atoms with Crippen LogP contribution in [-0.2, 0) is 12.0 Å². The van der Waals surface area contributed by atoms with E-state index >= 15 is 0 Å². The van der Waals surface area contributed by atoms with E-state index in [-0.39, 0.29) is 11.5 Å². The van der Waals surface area contributed by atoms with Crippen molar-refractivity contribution in [3.8, 4) is 0 Å². The van der Waals surface area contributed by atoms with Crippen LogP contribution < -0.4 is 0 Å². The Morgan fingerprint density at radius 2 is 2.10 bits per heavy atom. The van der Waals surface area contributed by atoms with Crippen LogP contribution in [0.2, 0.25) is 5.02 Å². The van der Waals surface area contributed by atoms with Crippen LogP contribution in [0.4, 0.5) is 0 Å². The van der Waals surface area contributed by atoms with Gasteiger partial charge in [0, 0.05) is 10.4 Å². The number of aliphatic hydroxyl groups excluding tert-OH is 1. The zero-order chi connectivity index (χ0) is 14.0. The van der Waals surface area contributed by atoms with Crippen molar-refractivity contribution in [1.82, 2.24) is 14.8 Å². The molecule has 5 heteroatoms. The predicted molar refractivity (Wildman–Crippen MR) is 77.6 cm³/mol. The molecule has 20 heavy (non-hydrogen) atoms. The molecule has 0 amide bonds. The second-order valence-corrected chi connectivity index (χ2v) is 5.95. The summed E-state index contributed by atoms with van der Waals surface area (Å²) in [5, 5.41) is 15.6. The summed E-state index contributed by atoms with van der Waals surface area (Å²) in [7, 11) is 0. The average molecular weight is 292 g/mol. The Morgan fingerprint density at radius 3 is 2.75 bits per heavy atom. The van der Waals surface area contributed by atoms with Crippen molar-refractivity contribution in [2.75, 3.05) is 0 Å². The summed E-state index contributed by atoms with van der Waals surface area (Å²) in [5.41, 5.74) is 0.834. The third-order valence-electron chi connectivity index (χ3n) is 4.32. The molecule has 0 radical (unpaired) electrons. The second-order valence-electron chi connectivity index (χ2n) is 5.52. The van der Waals surface area contributed by atoms with E-state index in [1.54, 1.807) is 6.33 Å². The van der Waals surface area contributed by atoms with Crippen LogP contribution in [0.5, 0.6) is 0 Å². The molecule has 2 aromatic rings. The first-order chi connectivity index (χ1) is 9.71. The molecule has 2 unspecified atom stereocenters. The van der Waals surface area contributed by atoms with Gasteiger partial charge in [0.05, 0.1) is 12.6 Å². The minimum atomic E-state index is -0.360. The summed E-state index contributed by atoms with van der Waals surface area (Å²) >= 11 is 5.99. The molecule has 0 saturated heterocycles. The fraction of sp³-hybridized carbons (Fsp3) is 0.467. The van der Waals surface area contributed by atoms with Gasteiger partial charge in [-0.15, -0.1) is 0 Å². The Labute approximate surface area is 123 Å². The van der Waals surface area contributed by atoms with Crippen LogP contribution >= 0.6 is 11.6 Å².